The highest BCUT2D eigenvalue weighted by Crippen LogP contribution is 2.44. The van der Waals surface area contributed by atoms with Gasteiger partial charge >= 0.3 is 6.09 Å². The summed E-state index contributed by atoms with van der Waals surface area (Å²) in [4.78, 5) is 14.2. The van der Waals surface area contributed by atoms with Crippen LogP contribution in [0.15, 0.2) is 60.7 Å². The smallest absolute Gasteiger partial charge is 0.410 e. The van der Waals surface area contributed by atoms with Crippen LogP contribution in [0.3, 0.4) is 0 Å². The summed E-state index contributed by atoms with van der Waals surface area (Å²) in [5.41, 5.74) is 5.60. The third-order valence-electron chi connectivity index (χ3n) is 5.92. The van der Waals surface area contributed by atoms with E-state index in [4.69, 9.17) is 4.74 Å². The van der Waals surface area contributed by atoms with Crippen molar-refractivity contribution in [3.63, 3.8) is 0 Å². The van der Waals surface area contributed by atoms with Crippen LogP contribution in [0.2, 0.25) is 0 Å². The highest BCUT2D eigenvalue weighted by molar-refractivity contribution is 5.79. The molecule has 0 fully saturated rings. The summed E-state index contributed by atoms with van der Waals surface area (Å²) in [6.07, 6.45) is -0.0522. The molecule has 3 aromatic rings. The van der Waals surface area contributed by atoms with Gasteiger partial charge in [0.2, 0.25) is 0 Å². The first-order chi connectivity index (χ1) is 14.1. The minimum absolute atomic E-state index is 0.00999. The number of aromatic hydroxyl groups is 1. The van der Waals surface area contributed by atoms with Gasteiger partial charge in [-0.15, -0.1) is 0 Å². The number of phenols is 1. The van der Waals surface area contributed by atoms with Gasteiger partial charge in [0.25, 0.3) is 0 Å². The first-order valence-electron chi connectivity index (χ1n) is 9.72. The number of ether oxygens (including phenoxy) is 1. The monoisotopic (exact) mass is 389 g/mol. The Hall–Kier alpha value is -3.34. The number of hydrogen-bond donors (Lipinski definition) is 1. The normalized spacial score (nSPS) is 14.9. The summed E-state index contributed by atoms with van der Waals surface area (Å²) < 4.78 is 19.8. The molecule has 0 spiro atoms. The zero-order chi connectivity index (χ0) is 20.0. The number of carbonyl (C=O) groups excluding carboxylic acids is 1. The van der Waals surface area contributed by atoms with E-state index in [0.29, 0.717) is 24.1 Å². The fourth-order valence-electron chi connectivity index (χ4n) is 4.46. The maximum absolute atomic E-state index is 14.2. The van der Waals surface area contributed by atoms with E-state index in [1.807, 2.05) is 24.3 Å². The van der Waals surface area contributed by atoms with Gasteiger partial charge in [-0.1, -0.05) is 48.5 Å². The Morgan fingerprint density at radius 1 is 1.00 bits per heavy atom. The largest absolute Gasteiger partial charge is 0.508 e. The number of phenolic OH excluding ortho intramolecular Hbond substituents is 1. The van der Waals surface area contributed by atoms with Crippen molar-refractivity contribution in [2.45, 2.75) is 18.9 Å². The van der Waals surface area contributed by atoms with Crippen LogP contribution in [-0.4, -0.2) is 29.3 Å². The number of halogens is 1. The molecule has 1 N–H and O–H groups in total. The van der Waals surface area contributed by atoms with E-state index >= 15 is 0 Å². The second-order valence-electron chi connectivity index (χ2n) is 7.50. The van der Waals surface area contributed by atoms with E-state index < -0.39 is 11.9 Å². The summed E-state index contributed by atoms with van der Waals surface area (Å²) >= 11 is 0. The number of rotatable bonds is 2. The van der Waals surface area contributed by atoms with Crippen molar-refractivity contribution in [1.82, 2.24) is 4.90 Å². The minimum atomic E-state index is -0.458. The van der Waals surface area contributed by atoms with Gasteiger partial charge in [0.15, 0.2) is 0 Å². The van der Waals surface area contributed by atoms with E-state index in [1.165, 1.54) is 28.2 Å². The van der Waals surface area contributed by atoms with Crippen molar-refractivity contribution >= 4 is 6.09 Å². The number of nitrogens with zero attached hydrogens (tertiary/aromatic N) is 1. The lowest BCUT2D eigenvalue weighted by atomic mass is 9.98. The molecule has 146 valence electrons. The molecule has 0 bridgehead atoms. The van der Waals surface area contributed by atoms with Crippen LogP contribution in [0.4, 0.5) is 9.18 Å². The molecule has 5 heteroatoms. The second kappa shape index (κ2) is 6.92. The molecule has 0 unspecified atom stereocenters. The van der Waals surface area contributed by atoms with Gasteiger partial charge < -0.3 is 14.7 Å². The standard InChI is InChI=1S/C24H20FNO3/c25-22-9-10-23(27)19-11-12-26(13-20(19)22)24(28)29-14-21-17-7-3-1-5-15(17)16-6-2-4-8-18(16)21/h1-10,21,27H,11-14H2. The molecule has 0 radical (unpaired) electrons. The Balaban J connectivity index is 1.34. The van der Waals surface area contributed by atoms with Crippen LogP contribution in [-0.2, 0) is 17.7 Å². The SMILES string of the molecule is O=C(OCC1c2ccccc2-c2ccccc21)N1CCc2c(O)ccc(F)c2C1. The molecule has 5 rings (SSSR count). The van der Waals surface area contributed by atoms with E-state index in [9.17, 15) is 14.3 Å². The van der Waals surface area contributed by atoms with E-state index in [2.05, 4.69) is 24.3 Å². The van der Waals surface area contributed by atoms with E-state index in [0.717, 1.165) is 11.1 Å². The first kappa shape index (κ1) is 17.7. The summed E-state index contributed by atoms with van der Waals surface area (Å²) in [5, 5.41) is 9.94. The molecule has 1 aliphatic heterocycles. The number of amides is 1. The highest BCUT2D eigenvalue weighted by Gasteiger charge is 2.31. The molecule has 0 saturated heterocycles. The van der Waals surface area contributed by atoms with Crippen molar-refractivity contribution in [1.29, 1.82) is 0 Å². The minimum Gasteiger partial charge on any atom is -0.508 e. The zero-order valence-corrected chi connectivity index (χ0v) is 15.8. The lowest BCUT2D eigenvalue weighted by Gasteiger charge is -2.29. The molecule has 0 aromatic heterocycles. The molecule has 2 aliphatic rings. The highest BCUT2D eigenvalue weighted by atomic mass is 19.1. The fraction of sp³-hybridized carbons (Fsp3) is 0.208. The summed E-state index contributed by atoms with van der Waals surface area (Å²) in [6, 6.07) is 18.9. The number of hydrogen-bond acceptors (Lipinski definition) is 3. The summed E-state index contributed by atoms with van der Waals surface area (Å²) in [5.74, 6) is -0.341. The number of benzene rings is 3. The first-order valence-corrected chi connectivity index (χ1v) is 9.72. The summed E-state index contributed by atoms with van der Waals surface area (Å²) in [6.45, 7) is 0.728. The van der Waals surface area contributed by atoms with Gasteiger partial charge in [0.1, 0.15) is 18.2 Å². The number of carbonyl (C=O) groups is 1. The van der Waals surface area contributed by atoms with Crippen LogP contribution < -0.4 is 0 Å². The Morgan fingerprint density at radius 3 is 2.34 bits per heavy atom. The van der Waals surface area contributed by atoms with Gasteiger partial charge in [-0.05, 0) is 40.8 Å². The van der Waals surface area contributed by atoms with Crippen LogP contribution >= 0.6 is 0 Å². The molecule has 3 aromatic carbocycles. The van der Waals surface area contributed by atoms with Crippen LogP contribution in [0.5, 0.6) is 5.75 Å². The van der Waals surface area contributed by atoms with Crippen molar-refractivity contribution in [2.75, 3.05) is 13.2 Å². The maximum atomic E-state index is 14.2. The molecule has 1 amide bonds. The topological polar surface area (TPSA) is 49.8 Å². The van der Waals surface area contributed by atoms with E-state index in [-0.39, 0.29) is 24.8 Å². The van der Waals surface area contributed by atoms with Crippen molar-refractivity contribution < 1.29 is 19.0 Å². The zero-order valence-electron chi connectivity index (χ0n) is 15.8. The van der Waals surface area contributed by atoms with Gasteiger partial charge in [0.05, 0.1) is 6.54 Å². The average molecular weight is 389 g/mol. The Bertz CT molecular complexity index is 1070. The maximum Gasteiger partial charge on any atom is 0.410 e. The van der Waals surface area contributed by atoms with Gasteiger partial charge in [-0.2, -0.15) is 0 Å². The Kier molecular flexibility index (Phi) is 4.23. The second-order valence-corrected chi connectivity index (χ2v) is 7.50. The molecular formula is C24H20FNO3. The lowest BCUT2D eigenvalue weighted by molar-refractivity contribution is 0.0946. The average Bonchev–Trinajstić information content (AvgIpc) is 3.08. The van der Waals surface area contributed by atoms with Gasteiger partial charge in [0, 0.05) is 23.6 Å². The Morgan fingerprint density at radius 2 is 1.66 bits per heavy atom. The molecule has 4 nitrogen and oxygen atoms in total. The molecule has 1 heterocycles. The fourth-order valence-corrected chi connectivity index (χ4v) is 4.46. The van der Waals surface area contributed by atoms with Crippen LogP contribution in [0.1, 0.15) is 28.2 Å². The molecule has 0 saturated carbocycles. The van der Waals surface area contributed by atoms with Crippen molar-refractivity contribution in [2.24, 2.45) is 0 Å². The molecular weight excluding hydrogens is 369 g/mol. The van der Waals surface area contributed by atoms with Crippen molar-refractivity contribution in [3.05, 3.63) is 88.7 Å². The molecule has 1 aliphatic carbocycles. The van der Waals surface area contributed by atoms with Crippen LogP contribution in [0, 0.1) is 5.82 Å². The third kappa shape index (κ3) is 2.94. The van der Waals surface area contributed by atoms with Gasteiger partial charge in [-0.25, -0.2) is 9.18 Å². The Labute approximate surface area is 168 Å². The quantitative estimate of drug-likeness (QED) is 0.682. The molecule has 0 atom stereocenters. The predicted octanol–water partition coefficient (Wildman–Crippen LogP) is 4.84. The predicted molar refractivity (Wildman–Crippen MR) is 107 cm³/mol. The third-order valence-corrected chi connectivity index (χ3v) is 5.92. The molecule has 29 heavy (non-hydrogen) atoms. The van der Waals surface area contributed by atoms with Gasteiger partial charge in [-0.3, -0.25) is 0 Å². The number of fused-ring (bicyclic) bond motifs is 4. The van der Waals surface area contributed by atoms with Crippen LogP contribution in [0.25, 0.3) is 11.1 Å². The van der Waals surface area contributed by atoms with Crippen molar-refractivity contribution in [3.8, 4) is 16.9 Å². The lowest BCUT2D eigenvalue weighted by Crippen LogP contribution is -2.37. The van der Waals surface area contributed by atoms with E-state index in [1.54, 1.807) is 0 Å². The summed E-state index contributed by atoms with van der Waals surface area (Å²) in [7, 11) is 0.